The van der Waals surface area contributed by atoms with Crippen LogP contribution in [0.1, 0.15) is 228 Å². The van der Waals surface area contributed by atoms with Crippen LogP contribution in [0.3, 0.4) is 0 Å². The van der Waals surface area contributed by atoms with Crippen molar-refractivity contribution in [3.8, 4) is 0 Å². The van der Waals surface area contributed by atoms with Crippen molar-refractivity contribution in [1.82, 2.24) is 10.1 Å². The van der Waals surface area contributed by atoms with Crippen molar-refractivity contribution >= 4 is 59.0 Å². The van der Waals surface area contributed by atoms with E-state index in [1.54, 1.807) is 36.4 Å². The molecule has 0 bridgehead atoms. The number of aliphatic hydroxyl groups is 3. The standard InChI is InChI=1S/C17H19NO5.C10H16O4.C9H17NO3.C9H16O3.C8H5NO3.C8H12O3.C7H11NO.C6H10O.C3H6O3.C2H6O2/c19-15-13-6-1-2-7-14(13)16(20)18(15)23-11-12-5-3-4-8-17(12)21-9-10-22-17;1-12-9(11)8-4-2-3-5-10(8)13-6-7-14-10;10-13-7-8-3-1-2-4-9(8)11-5-6-12-9;10-7-8-3-1-2-4-9(8)11-5-6-12-9;10-7-5-3-1-2-4-6(5)8(11)9(7)12;1-11-8(10)6-4-2-3-5-7(6)9;1-2-4-7-6(3-1)5-9-8-7;7-6-4-2-1-3-5-6;1-5-3(4)6-2;3-1-2-4/h1-2,6-7,12H,3-5,8-11H2;8H,2-7H2,1H3;8H,1-7,10H2;8,10H,1-7H2;1-4,12H;6H,2-5H2,1H3;6H,1-5H2;1-5H2;1-2H3;3-4H,1-2H2. The number of esters is 2. The van der Waals surface area contributed by atoms with Crippen molar-refractivity contribution in [2.45, 2.75) is 209 Å². The molecule has 4 amide bonds. The molecule has 4 saturated heterocycles. The zero-order valence-electron chi connectivity index (χ0n) is 65.0. The molecule has 111 heavy (non-hydrogen) atoms. The molecule has 6 N–H and O–H groups in total. The van der Waals surface area contributed by atoms with Gasteiger partial charge in [0.1, 0.15) is 30.0 Å². The molecule has 7 aliphatic heterocycles. The highest BCUT2D eigenvalue weighted by Crippen LogP contribution is 2.44. The number of nitrogens with zero attached hydrogens (tertiary/aromatic N) is 3. The van der Waals surface area contributed by atoms with Gasteiger partial charge in [-0.1, -0.05) is 74.4 Å². The molecule has 7 heterocycles. The predicted octanol–water partition coefficient (Wildman–Crippen LogP) is 9.01. The van der Waals surface area contributed by atoms with E-state index >= 15 is 0 Å². The largest absolute Gasteiger partial charge is 0.507 e. The number of nitrogens with two attached hydrogens (primary N) is 1. The van der Waals surface area contributed by atoms with Gasteiger partial charge in [-0.05, 0) is 121 Å². The number of carbonyl (C=O) groups excluding carboxylic acids is 9. The van der Waals surface area contributed by atoms with Crippen LogP contribution in [0.25, 0.3) is 0 Å². The third kappa shape index (κ3) is 25.8. The Bertz CT molecular complexity index is 3180. The van der Waals surface area contributed by atoms with Gasteiger partial charge in [-0.15, -0.1) is 10.1 Å². The number of carbonyl (C=O) groups is 9. The maximum Gasteiger partial charge on any atom is 0.507 e. The third-order valence-electron chi connectivity index (χ3n) is 21.7. The average molecular weight is 1570 g/mol. The molecule has 32 heteroatoms. The van der Waals surface area contributed by atoms with E-state index in [9.17, 15) is 43.2 Å². The van der Waals surface area contributed by atoms with Crippen LogP contribution in [-0.4, -0.2) is 234 Å². The summed E-state index contributed by atoms with van der Waals surface area (Å²) in [6.07, 6.45) is 29.3. The van der Waals surface area contributed by atoms with Gasteiger partial charge in [0.05, 0.1) is 142 Å². The Hall–Kier alpha value is -6.86. The highest BCUT2D eigenvalue weighted by molar-refractivity contribution is 6.21. The minimum absolute atomic E-state index is 0.0306. The van der Waals surface area contributed by atoms with E-state index in [1.807, 2.05) is 0 Å². The van der Waals surface area contributed by atoms with Gasteiger partial charge in [-0.25, -0.2) is 10.7 Å². The molecule has 11 fully saturated rings. The molecule has 7 aliphatic carbocycles. The molecule has 4 spiro atoms. The second-order valence-corrected chi connectivity index (χ2v) is 28.7. The van der Waals surface area contributed by atoms with E-state index < -0.39 is 53.1 Å². The van der Waals surface area contributed by atoms with Gasteiger partial charge in [-0.2, -0.15) is 0 Å². The Labute approximate surface area is 649 Å². The minimum Gasteiger partial charge on any atom is -0.469 e. The van der Waals surface area contributed by atoms with Crippen LogP contribution < -0.4 is 5.90 Å². The smallest absolute Gasteiger partial charge is 0.469 e. The first-order valence-corrected chi connectivity index (χ1v) is 39.3. The molecule has 14 aliphatic rings. The lowest BCUT2D eigenvalue weighted by molar-refractivity contribution is -0.236. The number of hydrogen-bond donors (Lipinski definition) is 5. The van der Waals surface area contributed by atoms with Gasteiger partial charge < -0.3 is 81.8 Å². The molecular weight excluding hydrogens is 1450 g/mol. The summed E-state index contributed by atoms with van der Waals surface area (Å²) in [4.78, 5) is 116. The monoisotopic (exact) mass is 1570 g/mol. The van der Waals surface area contributed by atoms with E-state index in [0.29, 0.717) is 101 Å². The van der Waals surface area contributed by atoms with Crippen LogP contribution in [0.2, 0.25) is 0 Å². The fourth-order valence-electron chi connectivity index (χ4n) is 15.9. The van der Waals surface area contributed by atoms with Gasteiger partial charge >= 0.3 is 18.1 Å². The molecule has 7 saturated carbocycles. The van der Waals surface area contributed by atoms with Gasteiger partial charge in [0.25, 0.3) is 23.6 Å². The number of hydroxylamine groups is 4. The van der Waals surface area contributed by atoms with Gasteiger partial charge in [-0.3, -0.25) is 48.4 Å². The Kier molecular flexibility index (Phi) is 39.3. The zero-order valence-corrected chi connectivity index (χ0v) is 65.0. The van der Waals surface area contributed by atoms with E-state index in [4.69, 9.17) is 83.6 Å². The van der Waals surface area contributed by atoms with Crippen LogP contribution in [0.15, 0.2) is 53.7 Å². The van der Waals surface area contributed by atoms with Crippen molar-refractivity contribution in [3.05, 3.63) is 70.8 Å². The van der Waals surface area contributed by atoms with Gasteiger partial charge in [0, 0.05) is 68.6 Å². The number of fused-ring (bicyclic) bond motifs is 3. The van der Waals surface area contributed by atoms with Crippen molar-refractivity contribution < 1.29 is 135 Å². The molecule has 16 rings (SSSR count). The Morgan fingerprint density at radius 3 is 1.29 bits per heavy atom. The number of Topliss-reactive ketones (excluding diaryl/α,β-unsaturated/α-hetero) is 2. The van der Waals surface area contributed by atoms with E-state index in [1.165, 1.54) is 97.7 Å². The number of ether oxygens (including phenoxy) is 12. The van der Waals surface area contributed by atoms with Crippen LogP contribution in [-0.2, 0) is 90.5 Å². The lowest BCUT2D eigenvalue weighted by atomic mass is 9.83. The van der Waals surface area contributed by atoms with Crippen LogP contribution in [0, 0.1) is 35.5 Å². The Balaban J connectivity index is 0.000000176. The second-order valence-electron chi connectivity index (χ2n) is 28.7. The minimum atomic E-state index is -0.661. The van der Waals surface area contributed by atoms with Crippen molar-refractivity contribution in [2.24, 2.45) is 46.6 Å². The second kappa shape index (κ2) is 47.7. The highest BCUT2D eigenvalue weighted by Gasteiger charge is 2.52. The number of ketones is 2. The fraction of sp³-hybridized carbons (Fsp3) is 0.722. The molecule has 6 atom stereocenters. The molecular formula is C79H118N4O28. The van der Waals surface area contributed by atoms with E-state index in [0.717, 1.165) is 134 Å². The Morgan fingerprint density at radius 2 is 0.874 bits per heavy atom. The number of rotatable bonds is 9. The van der Waals surface area contributed by atoms with Crippen LogP contribution in [0.5, 0.6) is 0 Å². The molecule has 622 valence electrons. The number of imide groups is 2. The summed E-state index contributed by atoms with van der Waals surface area (Å²) in [6.45, 7) is 6.74. The summed E-state index contributed by atoms with van der Waals surface area (Å²) in [5.41, 5.74) is 2.62. The molecule has 0 radical (unpaired) electrons. The quantitative estimate of drug-likeness (QED) is 0.0390. The fourth-order valence-corrected chi connectivity index (χ4v) is 15.9. The molecule has 32 nitrogen and oxygen atoms in total. The summed E-state index contributed by atoms with van der Waals surface area (Å²) in [7, 11) is 5.25. The number of amides is 4. The normalized spacial score (nSPS) is 25.6. The van der Waals surface area contributed by atoms with E-state index in [2.05, 4.69) is 19.4 Å². The first-order chi connectivity index (χ1) is 53.8. The van der Waals surface area contributed by atoms with Crippen molar-refractivity contribution in [2.75, 3.05) is 121 Å². The van der Waals surface area contributed by atoms with E-state index in [-0.39, 0.29) is 83.9 Å². The number of oxime groups is 1. The number of aliphatic hydroxyl groups excluding tert-OH is 3. The predicted molar refractivity (Wildman–Crippen MR) is 393 cm³/mol. The van der Waals surface area contributed by atoms with Crippen molar-refractivity contribution in [3.63, 3.8) is 0 Å². The maximum absolute atomic E-state index is 12.3. The number of benzene rings is 2. The summed E-state index contributed by atoms with van der Waals surface area (Å²) in [5.74, 6) is 1.44. The van der Waals surface area contributed by atoms with Crippen LogP contribution >= 0.6 is 0 Å². The molecule has 2 aromatic carbocycles. The van der Waals surface area contributed by atoms with Gasteiger partial charge in [0.2, 0.25) is 0 Å². The Morgan fingerprint density at radius 1 is 0.468 bits per heavy atom. The summed E-state index contributed by atoms with van der Waals surface area (Å²) >= 11 is 0. The zero-order chi connectivity index (χ0) is 80.1. The molecule has 6 unspecified atom stereocenters. The summed E-state index contributed by atoms with van der Waals surface area (Å²) in [5, 5.41) is 38.3. The lowest BCUT2D eigenvalue weighted by Crippen LogP contribution is -2.46. The highest BCUT2D eigenvalue weighted by atomic mass is 16.8. The number of hydrogen-bond acceptors (Lipinski definition) is 30. The first-order valence-electron chi connectivity index (χ1n) is 39.3. The molecule has 2 aromatic rings. The SMILES string of the molecule is C1CCC2CON=C2C1.COC(=O)C1CCCCC12OCCO2.COC(=O)C1CCCCC1=O.COC(=O)OC.NOCC1CCCCC12OCCO2.O=C1CCCCC1.O=C1c2ccccc2C(=O)N1O.O=C1c2ccccc2C(=O)N1OCC1CCCCC12OCCO2.OCC1CCCCC12OCCO2.OCCO. The molecule has 0 aromatic heterocycles. The average Bonchev–Trinajstić information content (AvgIpc) is 1.71. The lowest BCUT2D eigenvalue weighted by Gasteiger charge is -2.39. The summed E-state index contributed by atoms with van der Waals surface area (Å²) in [6, 6.07) is 13.1. The topological polar surface area (TPSA) is 418 Å². The van der Waals surface area contributed by atoms with Crippen LogP contribution in [0.4, 0.5) is 4.79 Å². The summed E-state index contributed by atoms with van der Waals surface area (Å²) < 4.78 is 62.8. The number of methoxy groups -OCH3 is 4. The van der Waals surface area contributed by atoms with Crippen molar-refractivity contribution in [1.29, 1.82) is 0 Å². The first kappa shape index (κ1) is 91.3. The third-order valence-corrected chi connectivity index (χ3v) is 21.7. The van der Waals surface area contributed by atoms with Gasteiger partial charge in [0.15, 0.2) is 23.1 Å². The maximum atomic E-state index is 12.3.